The molecule has 21 heavy (non-hydrogen) atoms. The highest BCUT2D eigenvalue weighted by molar-refractivity contribution is 5.30. The molecule has 0 aromatic heterocycles. The Bertz CT molecular complexity index is 427. The van der Waals surface area contributed by atoms with E-state index < -0.39 is 0 Å². The fourth-order valence-electron chi connectivity index (χ4n) is 3.83. The first-order valence-electron chi connectivity index (χ1n) is 8.60. The zero-order valence-electron chi connectivity index (χ0n) is 14.2. The van der Waals surface area contributed by atoms with Crippen molar-refractivity contribution in [2.75, 3.05) is 6.54 Å². The minimum Gasteiger partial charge on any atom is -0.328 e. The molecule has 2 nitrogen and oxygen atoms in total. The van der Waals surface area contributed by atoms with E-state index >= 15 is 0 Å². The van der Waals surface area contributed by atoms with Crippen LogP contribution >= 0.6 is 0 Å². The first kappa shape index (κ1) is 16.5. The Labute approximate surface area is 130 Å². The van der Waals surface area contributed by atoms with Crippen molar-refractivity contribution in [3.63, 3.8) is 0 Å². The maximum Gasteiger partial charge on any atom is 0.0323 e. The van der Waals surface area contributed by atoms with Crippen LogP contribution in [0.25, 0.3) is 0 Å². The van der Waals surface area contributed by atoms with Gasteiger partial charge in [0, 0.05) is 18.1 Å². The molecule has 1 aromatic rings. The molecule has 1 aliphatic carbocycles. The molecular formula is C19H32N2. The summed E-state index contributed by atoms with van der Waals surface area (Å²) < 4.78 is 0. The van der Waals surface area contributed by atoms with E-state index in [-0.39, 0.29) is 0 Å². The maximum absolute atomic E-state index is 6.08. The van der Waals surface area contributed by atoms with Crippen LogP contribution in [-0.2, 0) is 0 Å². The first-order valence-corrected chi connectivity index (χ1v) is 8.60. The van der Waals surface area contributed by atoms with Gasteiger partial charge >= 0.3 is 0 Å². The Hall–Kier alpha value is -0.860. The number of nitrogens with zero attached hydrogens (tertiary/aromatic N) is 1. The van der Waals surface area contributed by atoms with Gasteiger partial charge < -0.3 is 5.73 Å². The van der Waals surface area contributed by atoms with Gasteiger partial charge in [0.15, 0.2) is 0 Å². The molecule has 0 heterocycles. The fourth-order valence-corrected chi connectivity index (χ4v) is 3.83. The minimum atomic E-state index is 0.432. The van der Waals surface area contributed by atoms with Crippen molar-refractivity contribution >= 4 is 0 Å². The molecule has 1 fully saturated rings. The maximum atomic E-state index is 6.08. The van der Waals surface area contributed by atoms with Gasteiger partial charge in [-0.15, -0.1) is 0 Å². The van der Waals surface area contributed by atoms with Gasteiger partial charge in [0.25, 0.3) is 0 Å². The van der Waals surface area contributed by atoms with Crippen LogP contribution in [-0.4, -0.2) is 23.5 Å². The second-order valence-electron chi connectivity index (χ2n) is 6.90. The monoisotopic (exact) mass is 288 g/mol. The second-order valence-corrected chi connectivity index (χ2v) is 6.90. The summed E-state index contributed by atoms with van der Waals surface area (Å²) in [5.41, 5.74) is 10.3. The highest BCUT2D eigenvalue weighted by Crippen LogP contribution is 2.30. The molecule has 1 aliphatic rings. The average Bonchev–Trinajstić information content (AvgIpc) is 2.44. The summed E-state index contributed by atoms with van der Waals surface area (Å²) in [4.78, 5) is 2.72. The molecule has 2 rings (SSSR count). The first-order chi connectivity index (χ1) is 10.0. The molecule has 0 saturated heterocycles. The SMILES string of the molecule is CCCN(C1CCC(N)CC1)C(C)c1cc(C)cc(C)c1. The number of rotatable bonds is 5. The van der Waals surface area contributed by atoms with Crippen molar-refractivity contribution in [2.45, 2.75) is 77.9 Å². The van der Waals surface area contributed by atoms with E-state index in [1.54, 1.807) is 0 Å². The van der Waals surface area contributed by atoms with Gasteiger partial charge in [0.2, 0.25) is 0 Å². The van der Waals surface area contributed by atoms with Gasteiger partial charge in [-0.3, -0.25) is 4.90 Å². The van der Waals surface area contributed by atoms with Crippen molar-refractivity contribution in [1.29, 1.82) is 0 Å². The van der Waals surface area contributed by atoms with Crippen molar-refractivity contribution in [1.82, 2.24) is 4.90 Å². The van der Waals surface area contributed by atoms with Crippen LogP contribution in [0.2, 0.25) is 0 Å². The minimum absolute atomic E-state index is 0.432. The van der Waals surface area contributed by atoms with Crippen LogP contribution in [0.1, 0.15) is 68.7 Å². The molecule has 1 unspecified atom stereocenters. The predicted molar refractivity (Wildman–Crippen MR) is 91.6 cm³/mol. The van der Waals surface area contributed by atoms with Gasteiger partial charge in [0.05, 0.1) is 0 Å². The molecule has 0 spiro atoms. The molecule has 1 saturated carbocycles. The average molecular weight is 288 g/mol. The van der Waals surface area contributed by atoms with Crippen molar-refractivity contribution in [2.24, 2.45) is 5.73 Å². The molecule has 118 valence electrons. The van der Waals surface area contributed by atoms with E-state index in [9.17, 15) is 0 Å². The Morgan fingerprint density at radius 2 is 1.67 bits per heavy atom. The Morgan fingerprint density at radius 1 is 1.10 bits per heavy atom. The van der Waals surface area contributed by atoms with Gasteiger partial charge in [0.1, 0.15) is 0 Å². The normalized spacial score (nSPS) is 24.3. The van der Waals surface area contributed by atoms with Gasteiger partial charge in [-0.2, -0.15) is 0 Å². The zero-order valence-corrected chi connectivity index (χ0v) is 14.2. The molecule has 0 bridgehead atoms. The summed E-state index contributed by atoms with van der Waals surface area (Å²) in [5.74, 6) is 0. The van der Waals surface area contributed by atoms with Crippen LogP contribution in [0.4, 0.5) is 0 Å². The lowest BCUT2D eigenvalue weighted by atomic mass is 9.89. The van der Waals surface area contributed by atoms with Crippen LogP contribution in [0, 0.1) is 13.8 Å². The highest BCUT2D eigenvalue weighted by atomic mass is 15.2. The van der Waals surface area contributed by atoms with Crippen LogP contribution in [0.5, 0.6) is 0 Å². The summed E-state index contributed by atoms with van der Waals surface area (Å²) in [7, 11) is 0. The van der Waals surface area contributed by atoms with E-state index in [0.29, 0.717) is 18.1 Å². The van der Waals surface area contributed by atoms with E-state index in [1.807, 2.05) is 0 Å². The van der Waals surface area contributed by atoms with Crippen molar-refractivity contribution < 1.29 is 0 Å². The molecule has 1 aromatic carbocycles. The third kappa shape index (κ3) is 4.31. The molecular weight excluding hydrogens is 256 g/mol. The topological polar surface area (TPSA) is 29.3 Å². The Kier molecular flexibility index (Phi) is 5.83. The third-order valence-electron chi connectivity index (χ3n) is 4.92. The molecule has 0 radical (unpaired) electrons. The highest BCUT2D eigenvalue weighted by Gasteiger charge is 2.27. The molecule has 0 aliphatic heterocycles. The lowest BCUT2D eigenvalue weighted by molar-refractivity contribution is 0.107. The standard InChI is InChI=1S/C19H32N2/c1-5-10-21(19-8-6-18(20)7-9-19)16(4)17-12-14(2)11-15(3)13-17/h11-13,16,18-19H,5-10,20H2,1-4H3. The molecule has 1 atom stereocenters. The number of hydrogen-bond donors (Lipinski definition) is 1. The lowest BCUT2D eigenvalue weighted by Gasteiger charge is -2.40. The summed E-state index contributed by atoms with van der Waals surface area (Å²) in [6.07, 6.45) is 6.11. The van der Waals surface area contributed by atoms with Gasteiger partial charge in [-0.05, 0) is 65.0 Å². The van der Waals surface area contributed by atoms with E-state index in [2.05, 4.69) is 50.8 Å². The summed E-state index contributed by atoms with van der Waals surface area (Å²) in [5, 5.41) is 0. The smallest absolute Gasteiger partial charge is 0.0323 e. The lowest BCUT2D eigenvalue weighted by Crippen LogP contribution is -2.42. The Morgan fingerprint density at radius 3 is 2.19 bits per heavy atom. The quantitative estimate of drug-likeness (QED) is 0.873. The zero-order chi connectivity index (χ0) is 15.4. The fraction of sp³-hybridized carbons (Fsp3) is 0.684. The molecule has 0 amide bonds. The summed E-state index contributed by atoms with van der Waals surface area (Å²) in [6, 6.07) is 8.62. The summed E-state index contributed by atoms with van der Waals surface area (Å²) >= 11 is 0. The second kappa shape index (κ2) is 7.42. The van der Waals surface area contributed by atoms with Crippen LogP contribution in [0.15, 0.2) is 18.2 Å². The number of benzene rings is 1. The predicted octanol–water partition coefficient (Wildman–Crippen LogP) is 4.35. The largest absolute Gasteiger partial charge is 0.328 e. The number of aryl methyl sites for hydroxylation is 2. The van der Waals surface area contributed by atoms with Crippen molar-refractivity contribution in [3.8, 4) is 0 Å². The van der Waals surface area contributed by atoms with Gasteiger partial charge in [-0.1, -0.05) is 36.2 Å². The third-order valence-corrected chi connectivity index (χ3v) is 4.92. The number of nitrogens with two attached hydrogens (primary N) is 1. The van der Waals surface area contributed by atoms with Crippen LogP contribution < -0.4 is 5.73 Å². The van der Waals surface area contributed by atoms with Crippen LogP contribution in [0.3, 0.4) is 0 Å². The van der Waals surface area contributed by atoms with E-state index in [1.165, 1.54) is 55.3 Å². The summed E-state index contributed by atoms with van der Waals surface area (Å²) in [6.45, 7) is 10.3. The number of hydrogen-bond acceptors (Lipinski definition) is 2. The van der Waals surface area contributed by atoms with Gasteiger partial charge in [-0.25, -0.2) is 0 Å². The Balaban J connectivity index is 2.16. The van der Waals surface area contributed by atoms with E-state index in [4.69, 9.17) is 5.73 Å². The van der Waals surface area contributed by atoms with E-state index in [0.717, 1.165) is 0 Å². The molecule has 2 N–H and O–H groups in total. The van der Waals surface area contributed by atoms with Crippen molar-refractivity contribution in [3.05, 3.63) is 34.9 Å². The molecule has 2 heteroatoms.